The van der Waals surface area contributed by atoms with Gasteiger partial charge in [0.15, 0.2) is 0 Å². The van der Waals surface area contributed by atoms with Gasteiger partial charge in [-0.2, -0.15) is 0 Å². The maximum Gasteiger partial charge on any atom is 0.334 e. The number of benzene rings is 1. The fraction of sp³-hybridized carbons (Fsp3) is 0.393. The summed E-state index contributed by atoms with van der Waals surface area (Å²) in [5.41, 5.74) is 9.16. The Kier molecular flexibility index (Phi) is 7.42. The molecule has 0 unspecified atom stereocenters. The van der Waals surface area contributed by atoms with Gasteiger partial charge in [0, 0.05) is 35.9 Å². The first-order valence-corrected chi connectivity index (χ1v) is 12.4. The van der Waals surface area contributed by atoms with E-state index in [0.717, 1.165) is 23.1 Å². The predicted molar refractivity (Wildman–Crippen MR) is 140 cm³/mol. The Labute approximate surface area is 216 Å². The van der Waals surface area contributed by atoms with Crippen LogP contribution < -0.4 is 5.73 Å². The van der Waals surface area contributed by atoms with Crippen molar-refractivity contribution in [3.8, 4) is 11.1 Å². The van der Waals surface area contributed by atoms with E-state index in [-0.39, 0.29) is 30.6 Å². The second kappa shape index (κ2) is 10.5. The van der Waals surface area contributed by atoms with Crippen molar-refractivity contribution in [1.82, 2.24) is 9.88 Å². The summed E-state index contributed by atoms with van der Waals surface area (Å²) in [6.45, 7) is 7.95. The molecule has 2 N–H and O–H groups in total. The molecule has 0 aliphatic carbocycles. The minimum atomic E-state index is -0.618. The molecule has 1 atom stereocenters. The largest absolute Gasteiger partial charge is 0.463 e. The lowest BCUT2D eigenvalue weighted by atomic mass is 10.0. The number of rotatable bonds is 5. The summed E-state index contributed by atoms with van der Waals surface area (Å²) < 4.78 is 10.6. The van der Waals surface area contributed by atoms with Crippen LogP contribution in [0.3, 0.4) is 0 Å². The first kappa shape index (κ1) is 26.1. The third kappa shape index (κ3) is 6.04. The van der Waals surface area contributed by atoms with Crippen LogP contribution >= 0.6 is 0 Å². The summed E-state index contributed by atoms with van der Waals surface area (Å²) in [5, 5.41) is 0. The highest BCUT2D eigenvalue weighted by atomic mass is 16.6. The van der Waals surface area contributed by atoms with E-state index in [2.05, 4.69) is 9.98 Å². The smallest absolute Gasteiger partial charge is 0.334 e. The van der Waals surface area contributed by atoms with Gasteiger partial charge in [0.1, 0.15) is 23.2 Å². The van der Waals surface area contributed by atoms with Gasteiger partial charge in [0.05, 0.1) is 12.3 Å². The minimum absolute atomic E-state index is 0.210. The molecular weight excluding hydrogens is 472 g/mol. The molecule has 2 aliphatic rings. The van der Waals surface area contributed by atoms with Gasteiger partial charge in [0.2, 0.25) is 0 Å². The highest BCUT2D eigenvalue weighted by molar-refractivity contribution is 6.03. The number of ether oxygens (including phenoxy) is 2. The summed E-state index contributed by atoms with van der Waals surface area (Å²) >= 11 is 0. The van der Waals surface area contributed by atoms with Crippen molar-refractivity contribution in [2.75, 3.05) is 13.2 Å². The molecule has 0 bridgehead atoms. The lowest BCUT2D eigenvalue weighted by molar-refractivity contribution is -0.159. The topological polar surface area (TPSA) is 124 Å². The van der Waals surface area contributed by atoms with Crippen LogP contribution in [0.4, 0.5) is 5.69 Å². The maximum atomic E-state index is 13.2. The second-order valence-electron chi connectivity index (χ2n) is 10.1. The standard InChI is InChI=1S/C28H32N4O5/c1-5-36-26(34)20-13-18-9-8-17(14-22(18)31-24(29)15-20)19-10-11-21(30-16-19)25(33)32-12-6-7-23(32)27(35)37-28(2,3)4/h8-11,13-14,16,23H,5-7,12,15H2,1-4H3,(H2,29,31)/t23-/m0/s1. The number of amidine groups is 1. The van der Waals surface area contributed by atoms with Gasteiger partial charge in [-0.05, 0) is 64.3 Å². The van der Waals surface area contributed by atoms with Crippen LogP contribution in [0.25, 0.3) is 17.2 Å². The van der Waals surface area contributed by atoms with E-state index in [1.807, 2.05) is 45.0 Å². The Morgan fingerprint density at radius 2 is 1.89 bits per heavy atom. The monoisotopic (exact) mass is 504 g/mol. The number of carbonyl (C=O) groups is 3. The molecule has 1 aromatic carbocycles. The Bertz CT molecular complexity index is 1270. The number of esters is 2. The maximum absolute atomic E-state index is 13.2. The summed E-state index contributed by atoms with van der Waals surface area (Å²) in [5.74, 6) is -0.774. The summed E-state index contributed by atoms with van der Waals surface area (Å²) in [7, 11) is 0. The Hall–Kier alpha value is -4.01. The number of aromatic nitrogens is 1. The van der Waals surface area contributed by atoms with Crippen molar-refractivity contribution in [2.45, 2.75) is 58.6 Å². The van der Waals surface area contributed by atoms with Crippen molar-refractivity contribution in [2.24, 2.45) is 10.7 Å². The number of aliphatic imine (C=N–C) groups is 1. The van der Waals surface area contributed by atoms with Crippen molar-refractivity contribution in [3.05, 3.63) is 53.4 Å². The zero-order chi connectivity index (χ0) is 26.7. The number of fused-ring (bicyclic) bond motifs is 1. The average molecular weight is 505 g/mol. The molecule has 9 nitrogen and oxygen atoms in total. The number of amides is 1. The lowest BCUT2D eigenvalue weighted by Crippen LogP contribution is -2.43. The van der Waals surface area contributed by atoms with Gasteiger partial charge >= 0.3 is 11.9 Å². The number of pyridine rings is 1. The molecule has 2 aromatic rings. The molecule has 37 heavy (non-hydrogen) atoms. The molecule has 0 saturated carbocycles. The molecule has 1 fully saturated rings. The molecule has 0 radical (unpaired) electrons. The van der Waals surface area contributed by atoms with Crippen LogP contribution in [-0.2, 0) is 19.1 Å². The molecule has 1 aromatic heterocycles. The second-order valence-corrected chi connectivity index (χ2v) is 10.1. The van der Waals surface area contributed by atoms with E-state index in [9.17, 15) is 14.4 Å². The SMILES string of the molecule is CCOC(=O)C1=Cc2ccc(-c3ccc(C(=O)N4CCC[C@H]4C(=O)OC(C)(C)C)nc3)cc2N=C(N)C1. The fourth-order valence-corrected chi connectivity index (χ4v) is 4.39. The van der Waals surface area contributed by atoms with Crippen molar-refractivity contribution in [3.63, 3.8) is 0 Å². The molecule has 9 heteroatoms. The number of nitrogens with zero attached hydrogens (tertiary/aromatic N) is 3. The third-order valence-electron chi connectivity index (χ3n) is 6.04. The molecule has 194 valence electrons. The van der Waals surface area contributed by atoms with Crippen molar-refractivity contribution in [1.29, 1.82) is 0 Å². The van der Waals surface area contributed by atoms with Crippen molar-refractivity contribution < 1.29 is 23.9 Å². The van der Waals surface area contributed by atoms with Gasteiger partial charge < -0.3 is 20.1 Å². The Balaban J connectivity index is 1.54. The van der Waals surface area contributed by atoms with Crippen molar-refractivity contribution >= 4 is 35.4 Å². The lowest BCUT2D eigenvalue weighted by Gasteiger charge is -2.27. The molecule has 1 amide bonds. The average Bonchev–Trinajstić information content (AvgIpc) is 3.27. The minimum Gasteiger partial charge on any atom is -0.463 e. The first-order chi connectivity index (χ1) is 17.6. The first-order valence-electron chi connectivity index (χ1n) is 12.4. The highest BCUT2D eigenvalue weighted by Crippen LogP contribution is 2.32. The van der Waals surface area contributed by atoms with Gasteiger partial charge in [-0.15, -0.1) is 0 Å². The fourth-order valence-electron chi connectivity index (χ4n) is 4.39. The quantitative estimate of drug-likeness (QED) is 0.610. The number of carbonyl (C=O) groups excluding carboxylic acids is 3. The number of nitrogens with two attached hydrogens (primary N) is 1. The Morgan fingerprint density at radius 1 is 1.14 bits per heavy atom. The van der Waals surface area contributed by atoms with E-state index < -0.39 is 17.6 Å². The Morgan fingerprint density at radius 3 is 2.57 bits per heavy atom. The van der Waals surface area contributed by atoms with Crippen LogP contribution in [0.15, 0.2) is 47.1 Å². The number of likely N-dealkylation sites (tertiary alicyclic amines) is 1. The molecule has 2 aliphatic heterocycles. The highest BCUT2D eigenvalue weighted by Gasteiger charge is 2.37. The molecule has 4 rings (SSSR count). The van der Waals surface area contributed by atoms with Gasteiger partial charge in [-0.25, -0.2) is 14.6 Å². The van der Waals surface area contributed by atoms with Crippen LogP contribution in [0.2, 0.25) is 0 Å². The summed E-state index contributed by atoms with van der Waals surface area (Å²) in [4.78, 5) is 48.4. The van der Waals surface area contributed by atoms with Crippen LogP contribution in [-0.4, -0.2) is 58.4 Å². The van der Waals surface area contributed by atoms with Gasteiger partial charge in [0.25, 0.3) is 5.91 Å². The van der Waals surface area contributed by atoms with Gasteiger partial charge in [-0.1, -0.05) is 18.2 Å². The number of hydrogen-bond donors (Lipinski definition) is 1. The molecule has 1 saturated heterocycles. The molecular formula is C28H32N4O5. The van der Waals surface area contributed by atoms with E-state index in [0.29, 0.717) is 30.1 Å². The van der Waals surface area contributed by atoms with E-state index in [4.69, 9.17) is 15.2 Å². The predicted octanol–water partition coefficient (Wildman–Crippen LogP) is 4.03. The van der Waals surface area contributed by atoms with E-state index in [1.165, 1.54) is 0 Å². The normalized spacial score (nSPS) is 17.3. The van der Waals surface area contributed by atoms with Gasteiger partial charge in [-0.3, -0.25) is 9.78 Å². The zero-order valence-corrected chi connectivity index (χ0v) is 21.6. The summed E-state index contributed by atoms with van der Waals surface area (Å²) in [6.07, 6.45) is 4.89. The van der Waals surface area contributed by atoms with E-state index in [1.54, 1.807) is 30.2 Å². The summed E-state index contributed by atoms with van der Waals surface area (Å²) in [6, 6.07) is 8.49. The van der Waals surface area contributed by atoms with E-state index >= 15 is 0 Å². The third-order valence-corrected chi connectivity index (χ3v) is 6.04. The zero-order valence-electron chi connectivity index (χ0n) is 21.6. The van der Waals surface area contributed by atoms with Crippen LogP contribution in [0.5, 0.6) is 0 Å². The van der Waals surface area contributed by atoms with Crippen LogP contribution in [0, 0.1) is 0 Å². The molecule has 3 heterocycles. The number of hydrogen-bond acceptors (Lipinski definition) is 8. The molecule has 0 spiro atoms. The van der Waals surface area contributed by atoms with Crippen LogP contribution in [0.1, 0.15) is 63.0 Å².